The Morgan fingerprint density at radius 3 is 2.73 bits per heavy atom. The molecule has 2 aliphatic rings. The lowest BCUT2D eigenvalue weighted by molar-refractivity contribution is 0.194. The van der Waals surface area contributed by atoms with Crippen LogP contribution in [0.5, 0.6) is 5.75 Å². The molecule has 7 heteroatoms. The summed E-state index contributed by atoms with van der Waals surface area (Å²) in [5.74, 6) is 0.782. The molecule has 0 fully saturated rings. The maximum absolute atomic E-state index is 14.1. The van der Waals surface area contributed by atoms with Gasteiger partial charge in [-0.3, -0.25) is 0 Å². The number of methoxy groups -OCH3 is 1. The van der Waals surface area contributed by atoms with Crippen LogP contribution in [0.15, 0.2) is 60.8 Å². The van der Waals surface area contributed by atoms with Crippen molar-refractivity contribution in [3.05, 3.63) is 99.2 Å². The minimum absolute atomic E-state index is 0.103. The van der Waals surface area contributed by atoms with E-state index >= 15 is 0 Å². The number of likely N-dealkylation sites (N-methyl/N-ethyl adjacent to an activating group) is 1. The van der Waals surface area contributed by atoms with Gasteiger partial charge < -0.3 is 24.4 Å². The number of anilines is 1. The first-order valence-electron chi connectivity index (χ1n) is 12.7. The highest BCUT2D eigenvalue weighted by Crippen LogP contribution is 2.44. The molecule has 6 rings (SSSR count). The van der Waals surface area contributed by atoms with Gasteiger partial charge in [0.1, 0.15) is 10.8 Å². The van der Waals surface area contributed by atoms with Crippen molar-refractivity contribution in [2.24, 2.45) is 0 Å². The Labute approximate surface area is 222 Å². The molecule has 190 valence electrons. The third kappa shape index (κ3) is 4.22. The van der Waals surface area contributed by atoms with Crippen LogP contribution < -0.4 is 10.1 Å². The number of amides is 2. The first-order valence-corrected chi connectivity index (χ1v) is 13.5. The molecular weight excluding hydrogens is 480 g/mol. The zero-order chi connectivity index (χ0) is 25.7. The molecule has 0 radical (unpaired) electrons. The van der Waals surface area contributed by atoms with E-state index in [0.29, 0.717) is 6.54 Å². The SMILES string of the molecule is COc1cccc([C@H]2c3cccn3-c3sc4c(c3CN2C(=O)Nc2ccc(C)cc2C)CCN(C)C4)c1. The Bertz CT molecular complexity index is 1490. The number of ether oxygens (including phenoxy) is 1. The molecule has 1 N–H and O–H groups in total. The van der Waals surface area contributed by atoms with Crippen molar-refractivity contribution in [2.75, 3.05) is 26.0 Å². The maximum atomic E-state index is 14.1. The van der Waals surface area contributed by atoms with Gasteiger partial charge in [0.25, 0.3) is 0 Å². The third-order valence-electron chi connectivity index (χ3n) is 7.55. The predicted octanol–water partition coefficient (Wildman–Crippen LogP) is 6.29. The molecule has 0 saturated carbocycles. The maximum Gasteiger partial charge on any atom is 0.322 e. The lowest BCUT2D eigenvalue weighted by Gasteiger charge is -2.32. The van der Waals surface area contributed by atoms with Crippen molar-refractivity contribution in [2.45, 2.75) is 39.4 Å². The number of carbonyl (C=O) groups is 1. The summed E-state index contributed by atoms with van der Waals surface area (Å²) in [5.41, 5.74) is 7.86. The fourth-order valence-corrected chi connectivity index (χ4v) is 7.10. The van der Waals surface area contributed by atoms with Crippen LogP contribution in [-0.4, -0.2) is 41.1 Å². The van der Waals surface area contributed by atoms with Crippen molar-refractivity contribution in [1.82, 2.24) is 14.4 Å². The summed E-state index contributed by atoms with van der Waals surface area (Å²) < 4.78 is 7.87. The number of hydrogen-bond donors (Lipinski definition) is 1. The summed E-state index contributed by atoms with van der Waals surface area (Å²) >= 11 is 1.87. The second-order valence-corrected chi connectivity index (χ2v) is 11.2. The topological polar surface area (TPSA) is 49.7 Å². The molecule has 2 aromatic heterocycles. The van der Waals surface area contributed by atoms with E-state index in [0.717, 1.165) is 47.8 Å². The number of carbonyl (C=O) groups excluding carboxylic acids is 1. The smallest absolute Gasteiger partial charge is 0.322 e. The Kier molecular flexibility index (Phi) is 6.05. The minimum atomic E-state index is -0.266. The molecule has 0 bridgehead atoms. The van der Waals surface area contributed by atoms with Gasteiger partial charge in [-0.15, -0.1) is 11.3 Å². The van der Waals surface area contributed by atoms with Crippen LogP contribution in [-0.2, 0) is 19.5 Å². The Morgan fingerprint density at radius 2 is 1.92 bits per heavy atom. The van der Waals surface area contributed by atoms with Crippen molar-refractivity contribution >= 4 is 23.1 Å². The van der Waals surface area contributed by atoms with Gasteiger partial charge in [-0.05, 0) is 74.3 Å². The Morgan fingerprint density at radius 1 is 1.05 bits per heavy atom. The number of benzene rings is 2. The standard InChI is InChI=1S/C30H32N4O2S/c1-19-10-11-25(20(2)15-19)31-30(35)34-17-24-23-12-14-32(3)18-27(23)37-29(24)33-13-6-9-26(33)28(34)21-7-5-8-22(16-21)36-4/h5-11,13,15-16,28H,12,14,17-18H2,1-4H3,(H,31,35)/t28-/m0/s1. The van der Waals surface area contributed by atoms with Gasteiger partial charge in [0.05, 0.1) is 25.4 Å². The fourth-order valence-electron chi connectivity index (χ4n) is 5.66. The molecule has 1 atom stereocenters. The summed E-state index contributed by atoms with van der Waals surface area (Å²) in [6.45, 7) is 6.64. The van der Waals surface area contributed by atoms with E-state index in [1.54, 1.807) is 7.11 Å². The first kappa shape index (κ1) is 23.8. The number of nitrogens with one attached hydrogen (secondary N) is 1. The summed E-state index contributed by atoms with van der Waals surface area (Å²) in [5, 5.41) is 4.47. The van der Waals surface area contributed by atoms with Crippen molar-refractivity contribution < 1.29 is 9.53 Å². The Balaban J connectivity index is 1.50. The lowest BCUT2D eigenvalue weighted by atomic mass is 10.00. The summed E-state index contributed by atoms with van der Waals surface area (Å²) in [7, 11) is 3.86. The number of nitrogens with zero attached hydrogens (tertiary/aromatic N) is 3. The zero-order valence-corrected chi connectivity index (χ0v) is 22.6. The molecular formula is C30H32N4O2S. The predicted molar refractivity (Wildman–Crippen MR) is 149 cm³/mol. The molecule has 37 heavy (non-hydrogen) atoms. The summed E-state index contributed by atoms with van der Waals surface area (Å²) in [4.78, 5) is 19.9. The molecule has 2 amide bonds. The molecule has 2 aliphatic heterocycles. The normalized spacial score (nSPS) is 17.0. The molecule has 4 heterocycles. The van der Waals surface area contributed by atoms with E-state index in [4.69, 9.17) is 4.74 Å². The van der Waals surface area contributed by atoms with Crippen LogP contribution in [0, 0.1) is 13.8 Å². The summed E-state index contributed by atoms with van der Waals surface area (Å²) in [6.07, 6.45) is 3.14. The first-order chi connectivity index (χ1) is 17.9. The molecule has 4 aromatic rings. The summed E-state index contributed by atoms with van der Waals surface area (Å²) in [6, 6.07) is 18.1. The van der Waals surface area contributed by atoms with E-state index in [1.165, 1.54) is 26.6 Å². The molecule has 0 saturated heterocycles. The van der Waals surface area contributed by atoms with Gasteiger partial charge in [0.15, 0.2) is 0 Å². The zero-order valence-electron chi connectivity index (χ0n) is 21.7. The highest BCUT2D eigenvalue weighted by Gasteiger charge is 2.36. The fraction of sp³-hybridized carbons (Fsp3) is 0.300. The number of aryl methyl sites for hydroxylation is 2. The van der Waals surface area contributed by atoms with Gasteiger partial charge in [0.2, 0.25) is 0 Å². The van der Waals surface area contributed by atoms with Crippen LogP contribution in [0.3, 0.4) is 0 Å². The van der Waals surface area contributed by atoms with Gasteiger partial charge in [-0.2, -0.15) is 0 Å². The Hall–Kier alpha value is -3.55. The van der Waals surface area contributed by atoms with Crippen LogP contribution >= 0.6 is 11.3 Å². The highest BCUT2D eigenvalue weighted by atomic mass is 32.1. The number of hydrogen-bond acceptors (Lipinski definition) is 4. The monoisotopic (exact) mass is 512 g/mol. The van der Waals surface area contributed by atoms with Crippen molar-refractivity contribution in [3.63, 3.8) is 0 Å². The number of thiophene rings is 1. The number of rotatable bonds is 3. The molecule has 0 aliphatic carbocycles. The molecule has 0 unspecified atom stereocenters. The van der Waals surface area contributed by atoms with Crippen molar-refractivity contribution in [1.29, 1.82) is 0 Å². The van der Waals surface area contributed by atoms with E-state index in [2.05, 4.69) is 59.2 Å². The number of aromatic nitrogens is 1. The average molecular weight is 513 g/mol. The van der Waals surface area contributed by atoms with Crippen LogP contribution in [0.25, 0.3) is 5.00 Å². The average Bonchev–Trinajstić information content (AvgIpc) is 3.47. The lowest BCUT2D eigenvalue weighted by Crippen LogP contribution is -2.38. The van der Waals surface area contributed by atoms with Gasteiger partial charge in [-0.1, -0.05) is 29.8 Å². The van der Waals surface area contributed by atoms with Crippen LogP contribution in [0.4, 0.5) is 10.5 Å². The minimum Gasteiger partial charge on any atom is -0.497 e. The second kappa shape index (κ2) is 9.39. The number of fused-ring (bicyclic) bond motifs is 5. The molecule has 0 spiro atoms. The van der Waals surface area contributed by atoms with E-state index in [1.807, 2.05) is 53.5 Å². The van der Waals surface area contributed by atoms with E-state index < -0.39 is 0 Å². The number of urea groups is 1. The van der Waals surface area contributed by atoms with E-state index in [-0.39, 0.29) is 12.1 Å². The van der Waals surface area contributed by atoms with Gasteiger partial charge in [-0.25, -0.2) is 4.79 Å². The second-order valence-electron chi connectivity index (χ2n) is 10.1. The van der Waals surface area contributed by atoms with E-state index in [9.17, 15) is 4.79 Å². The molecule has 2 aromatic carbocycles. The quantitative estimate of drug-likeness (QED) is 0.351. The largest absolute Gasteiger partial charge is 0.497 e. The highest BCUT2D eigenvalue weighted by molar-refractivity contribution is 7.15. The van der Waals surface area contributed by atoms with Crippen molar-refractivity contribution in [3.8, 4) is 10.8 Å². The van der Waals surface area contributed by atoms with Gasteiger partial charge in [0, 0.05) is 35.4 Å². The molecule has 6 nitrogen and oxygen atoms in total. The van der Waals surface area contributed by atoms with Crippen LogP contribution in [0.2, 0.25) is 0 Å². The third-order valence-corrected chi connectivity index (χ3v) is 8.81. The van der Waals surface area contributed by atoms with Gasteiger partial charge >= 0.3 is 6.03 Å². The van der Waals surface area contributed by atoms with Crippen LogP contribution in [0.1, 0.15) is 44.4 Å².